The molecule has 0 spiro atoms. The first kappa shape index (κ1) is 16.0. The molecule has 1 aromatic carbocycles. The summed E-state index contributed by atoms with van der Waals surface area (Å²) in [7, 11) is 1.95. The highest BCUT2D eigenvalue weighted by molar-refractivity contribution is 5.76. The summed E-state index contributed by atoms with van der Waals surface area (Å²) in [6, 6.07) is 8.79. The number of nitrogens with one attached hydrogen (secondary N) is 1. The van der Waals surface area contributed by atoms with Gasteiger partial charge >= 0.3 is 0 Å². The number of carbonyl (C=O) groups excluding carboxylic acids is 1. The van der Waals surface area contributed by atoms with Crippen LogP contribution in [0.3, 0.4) is 0 Å². The van der Waals surface area contributed by atoms with Crippen LogP contribution in [0, 0.1) is 0 Å². The lowest BCUT2D eigenvalue weighted by Gasteiger charge is -2.33. The van der Waals surface area contributed by atoms with Gasteiger partial charge < -0.3 is 10.2 Å². The number of carbonyl (C=O) groups is 1. The van der Waals surface area contributed by atoms with Crippen molar-refractivity contribution in [1.82, 2.24) is 10.2 Å². The van der Waals surface area contributed by atoms with Crippen LogP contribution in [0.1, 0.15) is 57.2 Å². The van der Waals surface area contributed by atoms with E-state index in [1.807, 2.05) is 11.9 Å². The third kappa shape index (κ3) is 4.31. The summed E-state index contributed by atoms with van der Waals surface area (Å²) in [4.78, 5) is 14.4. The zero-order valence-corrected chi connectivity index (χ0v) is 13.8. The molecule has 0 aliphatic heterocycles. The fraction of sp³-hybridized carbons (Fsp3) is 0.611. The van der Waals surface area contributed by atoms with E-state index in [2.05, 4.69) is 50.4 Å². The van der Waals surface area contributed by atoms with Gasteiger partial charge in [0.2, 0.25) is 5.91 Å². The molecule has 2 rings (SSSR count). The Labute approximate surface area is 128 Å². The Balaban J connectivity index is 1.97. The van der Waals surface area contributed by atoms with Crippen LogP contribution in [-0.2, 0) is 11.2 Å². The van der Waals surface area contributed by atoms with Gasteiger partial charge in [-0.2, -0.15) is 0 Å². The summed E-state index contributed by atoms with van der Waals surface area (Å²) >= 11 is 0. The summed E-state index contributed by atoms with van der Waals surface area (Å²) in [6.45, 7) is 7.11. The molecule has 21 heavy (non-hydrogen) atoms. The Morgan fingerprint density at radius 3 is 2.76 bits per heavy atom. The molecule has 0 saturated carbocycles. The minimum atomic E-state index is 0.0658. The third-order valence-corrected chi connectivity index (χ3v) is 4.19. The van der Waals surface area contributed by atoms with E-state index < -0.39 is 0 Å². The molecule has 1 atom stereocenters. The van der Waals surface area contributed by atoms with Crippen LogP contribution in [0.2, 0.25) is 0 Å². The summed E-state index contributed by atoms with van der Waals surface area (Å²) in [5.41, 5.74) is 2.81. The summed E-state index contributed by atoms with van der Waals surface area (Å²) in [5.74, 6) is 0.230. The molecule has 0 radical (unpaired) electrons. The number of amides is 1. The molecule has 3 nitrogen and oxygen atoms in total. The molecule has 1 aromatic rings. The van der Waals surface area contributed by atoms with Crippen LogP contribution in [-0.4, -0.2) is 29.9 Å². The minimum Gasteiger partial charge on any atom is -0.339 e. The second-order valence-electron chi connectivity index (χ2n) is 7.04. The maximum atomic E-state index is 12.4. The van der Waals surface area contributed by atoms with Gasteiger partial charge in [-0.3, -0.25) is 4.79 Å². The molecule has 0 aromatic heterocycles. The molecular formula is C18H28N2O. The normalized spacial score (nSPS) is 18.2. The standard InChI is InChI=1S/C18H28N2O/c1-18(2,3)19-13-12-17(21)20(4)16-11-7-9-14-8-5-6-10-15(14)16/h5-6,8,10,16,19H,7,9,11-13H2,1-4H3. The number of fused-ring (bicyclic) bond motifs is 1. The predicted octanol–water partition coefficient (Wildman–Crippen LogP) is 3.30. The first-order valence-corrected chi connectivity index (χ1v) is 7.97. The molecule has 1 amide bonds. The molecule has 1 N–H and O–H groups in total. The van der Waals surface area contributed by atoms with Gasteiger partial charge in [-0.05, 0) is 51.2 Å². The van der Waals surface area contributed by atoms with E-state index in [-0.39, 0.29) is 17.5 Å². The molecule has 116 valence electrons. The van der Waals surface area contributed by atoms with Crippen molar-refractivity contribution in [3.63, 3.8) is 0 Å². The number of rotatable bonds is 4. The van der Waals surface area contributed by atoms with Crippen molar-refractivity contribution in [2.45, 2.75) is 58.0 Å². The first-order chi connectivity index (χ1) is 9.88. The zero-order chi connectivity index (χ0) is 15.5. The van der Waals surface area contributed by atoms with Gasteiger partial charge in [0, 0.05) is 25.6 Å². The van der Waals surface area contributed by atoms with E-state index >= 15 is 0 Å². The van der Waals surface area contributed by atoms with Crippen molar-refractivity contribution in [1.29, 1.82) is 0 Å². The molecule has 0 bridgehead atoms. The van der Waals surface area contributed by atoms with Gasteiger partial charge in [0.05, 0.1) is 6.04 Å². The average molecular weight is 288 g/mol. The second kappa shape index (κ2) is 6.61. The van der Waals surface area contributed by atoms with E-state index in [1.54, 1.807) is 0 Å². The quantitative estimate of drug-likeness (QED) is 0.922. The zero-order valence-electron chi connectivity index (χ0n) is 13.8. The summed E-state index contributed by atoms with van der Waals surface area (Å²) in [6.07, 6.45) is 3.94. The molecular weight excluding hydrogens is 260 g/mol. The fourth-order valence-corrected chi connectivity index (χ4v) is 3.03. The maximum absolute atomic E-state index is 12.4. The molecule has 0 fully saturated rings. The largest absolute Gasteiger partial charge is 0.339 e. The number of hydrogen-bond acceptors (Lipinski definition) is 2. The topological polar surface area (TPSA) is 32.3 Å². The highest BCUT2D eigenvalue weighted by Crippen LogP contribution is 2.33. The second-order valence-corrected chi connectivity index (χ2v) is 7.04. The lowest BCUT2D eigenvalue weighted by atomic mass is 9.87. The highest BCUT2D eigenvalue weighted by atomic mass is 16.2. The van der Waals surface area contributed by atoms with Gasteiger partial charge in [0.1, 0.15) is 0 Å². The SMILES string of the molecule is CN(C(=O)CCNC(C)(C)C)C1CCCc2ccccc21. The van der Waals surface area contributed by atoms with Crippen molar-refractivity contribution >= 4 is 5.91 Å². The first-order valence-electron chi connectivity index (χ1n) is 7.97. The Morgan fingerprint density at radius 1 is 1.33 bits per heavy atom. The van der Waals surface area contributed by atoms with Crippen LogP contribution in [0.25, 0.3) is 0 Å². The average Bonchev–Trinajstić information content (AvgIpc) is 2.44. The lowest BCUT2D eigenvalue weighted by molar-refractivity contribution is -0.132. The Bertz CT molecular complexity index is 490. The van der Waals surface area contributed by atoms with Crippen LogP contribution in [0.4, 0.5) is 0 Å². The Morgan fingerprint density at radius 2 is 2.05 bits per heavy atom. The number of hydrogen-bond donors (Lipinski definition) is 1. The molecule has 0 heterocycles. The van der Waals surface area contributed by atoms with E-state index in [0.29, 0.717) is 6.42 Å². The Hall–Kier alpha value is -1.35. The van der Waals surface area contributed by atoms with E-state index in [9.17, 15) is 4.79 Å². The van der Waals surface area contributed by atoms with Crippen molar-refractivity contribution in [2.75, 3.05) is 13.6 Å². The number of nitrogens with zero attached hydrogens (tertiary/aromatic N) is 1. The molecule has 3 heteroatoms. The molecule has 0 saturated heterocycles. The van der Waals surface area contributed by atoms with Gasteiger partial charge in [0.15, 0.2) is 0 Å². The minimum absolute atomic E-state index is 0.0658. The van der Waals surface area contributed by atoms with Crippen molar-refractivity contribution < 1.29 is 4.79 Å². The maximum Gasteiger partial charge on any atom is 0.224 e. The molecule has 1 unspecified atom stereocenters. The van der Waals surface area contributed by atoms with E-state index in [0.717, 1.165) is 19.4 Å². The molecule has 1 aliphatic rings. The lowest BCUT2D eigenvalue weighted by Crippen LogP contribution is -2.40. The Kier molecular flexibility index (Phi) is 5.04. The van der Waals surface area contributed by atoms with Crippen LogP contribution in [0.5, 0.6) is 0 Å². The summed E-state index contributed by atoms with van der Waals surface area (Å²) in [5, 5.41) is 3.38. The summed E-state index contributed by atoms with van der Waals surface area (Å²) < 4.78 is 0. The van der Waals surface area contributed by atoms with Crippen LogP contribution >= 0.6 is 0 Å². The van der Waals surface area contributed by atoms with Crippen molar-refractivity contribution in [2.24, 2.45) is 0 Å². The van der Waals surface area contributed by atoms with Gasteiger partial charge in [0.25, 0.3) is 0 Å². The van der Waals surface area contributed by atoms with Gasteiger partial charge in [-0.25, -0.2) is 0 Å². The van der Waals surface area contributed by atoms with Crippen molar-refractivity contribution in [3.8, 4) is 0 Å². The number of aryl methyl sites for hydroxylation is 1. The van der Waals surface area contributed by atoms with Crippen LogP contribution < -0.4 is 5.32 Å². The van der Waals surface area contributed by atoms with Gasteiger partial charge in [-0.1, -0.05) is 24.3 Å². The smallest absolute Gasteiger partial charge is 0.224 e. The molecule has 1 aliphatic carbocycles. The van der Waals surface area contributed by atoms with Crippen molar-refractivity contribution in [3.05, 3.63) is 35.4 Å². The van der Waals surface area contributed by atoms with E-state index in [1.165, 1.54) is 17.5 Å². The third-order valence-electron chi connectivity index (χ3n) is 4.19. The van der Waals surface area contributed by atoms with Gasteiger partial charge in [-0.15, -0.1) is 0 Å². The van der Waals surface area contributed by atoms with Crippen LogP contribution in [0.15, 0.2) is 24.3 Å². The highest BCUT2D eigenvalue weighted by Gasteiger charge is 2.26. The van der Waals surface area contributed by atoms with E-state index in [4.69, 9.17) is 0 Å². The number of benzene rings is 1. The monoisotopic (exact) mass is 288 g/mol. The fourth-order valence-electron chi connectivity index (χ4n) is 3.03. The predicted molar refractivity (Wildman–Crippen MR) is 87.3 cm³/mol.